The van der Waals surface area contributed by atoms with Gasteiger partial charge in [0.05, 0.1) is 10.4 Å². The first-order valence-electron chi connectivity index (χ1n) is 10.3. The lowest BCUT2D eigenvalue weighted by molar-refractivity contribution is 0.387. The lowest BCUT2D eigenvalue weighted by atomic mass is 9.91. The van der Waals surface area contributed by atoms with Crippen LogP contribution in [-0.2, 0) is 10.0 Å². The van der Waals surface area contributed by atoms with Crippen LogP contribution in [0.2, 0.25) is 5.02 Å². The van der Waals surface area contributed by atoms with Crippen molar-refractivity contribution in [1.82, 2.24) is 14.9 Å². The van der Waals surface area contributed by atoms with Gasteiger partial charge in [-0.15, -0.1) is 11.3 Å². The number of benzene rings is 1. The molecule has 0 aliphatic heterocycles. The first kappa shape index (κ1) is 21.4. The van der Waals surface area contributed by atoms with Crippen LogP contribution in [0.4, 0.5) is 5.69 Å². The normalized spacial score (nSPS) is 19.3. The number of nitrogens with zero attached hydrogens (tertiary/aromatic N) is 2. The molecule has 3 aromatic heterocycles. The van der Waals surface area contributed by atoms with E-state index in [1.165, 1.54) is 17.6 Å². The molecule has 0 amide bonds. The molecule has 3 heterocycles. The van der Waals surface area contributed by atoms with Crippen molar-refractivity contribution in [2.75, 3.05) is 5.32 Å². The summed E-state index contributed by atoms with van der Waals surface area (Å²) in [6.07, 6.45) is 6.53. The molecule has 1 aromatic carbocycles. The van der Waals surface area contributed by atoms with E-state index in [4.69, 9.17) is 16.1 Å². The number of fused-ring (bicyclic) bond motifs is 1. The van der Waals surface area contributed by atoms with Crippen LogP contribution in [0.25, 0.3) is 21.5 Å². The van der Waals surface area contributed by atoms with Gasteiger partial charge in [-0.05, 0) is 62.1 Å². The van der Waals surface area contributed by atoms with Crippen molar-refractivity contribution in [2.24, 2.45) is 0 Å². The van der Waals surface area contributed by atoms with Gasteiger partial charge in [0.25, 0.3) is 0 Å². The minimum absolute atomic E-state index is 0.0800. The molecule has 2 N–H and O–H groups in total. The minimum atomic E-state index is -3.57. The quantitative estimate of drug-likeness (QED) is 0.382. The maximum atomic E-state index is 12.9. The van der Waals surface area contributed by atoms with E-state index >= 15 is 0 Å². The molecule has 10 heteroatoms. The molecule has 1 aliphatic rings. The zero-order valence-corrected chi connectivity index (χ0v) is 19.4. The average Bonchev–Trinajstić information content (AvgIpc) is 3.47. The second-order valence-electron chi connectivity index (χ2n) is 7.84. The molecule has 0 bridgehead atoms. The lowest BCUT2D eigenvalue weighted by Gasteiger charge is -2.30. The van der Waals surface area contributed by atoms with Crippen molar-refractivity contribution in [3.63, 3.8) is 0 Å². The number of pyridine rings is 1. The smallest absolute Gasteiger partial charge is 0.250 e. The number of halogens is 1. The molecule has 1 aliphatic carbocycles. The van der Waals surface area contributed by atoms with Gasteiger partial charge in [0.2, 0.25) is 10.0 Å². The molecule has 1 saturated carbocycles. The van der Waals surface area contributed by atoms with Crippen molar-refractivity contribution < 1.29 is 12.9 Å². The Morgan fingerprint density at radius 1 is 1.03 bits per heavy atom. The standard InChI is InChI=1S/C22H21ClN4O3S2/c23-14-1-6-17-18(9-11-24-20(17)13-14)25-15-2-4-16(5-3-15)27-32(28,29)22-8-7-21(31-22)19-10-12-30-26-19/h1,6-13,15-16,27H,2-5H2,(H,24,25)/t15-,16+. The highest BCUT2D eigenvalue weighted by Crippen LogP contribution is 2.31. The number of hydrogen-bond acceptors (Lipinski definition) is 7. The van der Waals surface area contributed by atoms with E-state index < -0.39 is 10.0 Å². The number of thiophene rings is 1. The van der Waals surface area contributed by atoms with Crippen LogP contribution >= 0.6 is 22.9 Å². The Morgan fingerprint density at radius 3 is 2.62 bits per heavy atom. The Hall–Kier alpha value is -2.46. The van der Waals surface area contributed by atoms with Crippen molar-refractivity contribution in [2.45, 2.75) is 42.0 Å². The van der Waals surface area contributed by atoms with Crippen LogP contribution in [0.3, 0.4) is 0 Å². The SMILES string of the molecule is O=S(=O)(N[C@H]1CC[C@@H](Nc2ccnc3cc(Cl)ccc23)CC1)c1ccc(-c2ccon2)s1. The van der Waals surface area contributed by atoms with E-state index in [1.807, 2.05) is 24.3 Å². The first-order chi connectivity index (χ1) is 15.5. The molecular weight excluding hydrogens is 468 g/mol. The van der Waals surface area contributed by atoms with Crippen LogP contribution in [0.1, 0.15) is 25.7 Å². The highest BCUT2D eigenvalue weighted by atomic mass is 35.5. The van der Waals surface area contributed by atoms with E-state index in [-0.39, 0.29) is 16.3 Å². The molecule has 32 heavy (non-hydrogen) atoms. The van der Waals surface area contributed by atoms with Crippen LogP contribution in [-0.4, -0.2) is 30.6 Å². The van der Waals surface area contributed by atoms with Gasteiger partial charge < -0.3 is 9.84 Å². The largest absolute Gasteiger partial charge is 0.382 e. The molecule has 0 saturated heterocycles. The number of anilines is 1. The molecule has 0 atom stereocenters. The fourth-order valence-corrected chi connectivity index (χ4v) is 6.80. The summed E-state index contributed by atoms with van der Waals surface area (Å²) in [5.41, 5.74) is 2.51. The molecule has 0 unspecified atom stereocenters. The second-order valence-corrected chi connectivity index (χ2v) is 11.3. The van der Waals surface area contributed by atoms with E-state index in [1.54, 1.807) is 24.4 Å². The van der Waals surface area contributed by atoms with Gasteiger partial charge in [0.15, 0.2) is 0 Å². The molecule has 166 valence electrons. The van der Waals surface area contributed by atoms with Crippen LogP contribution in [0, 0.1) is 0 Å². The third-order valence-corrected chi connectivity index (χ3v) is 9.01. The molecule has 1 fully saturated rings. The molecular formula is C22H21ClN4O3S2. The number of nitrogens with one attached hydrogen (secondary N) is 2. The monoisotopic (exact) mass is 488 g/mol. The summed E-state index contributed by atoms with van der Waals surface area (Å²) in [4.78, 5) is 5.15. The first-order valence-corrected chi connectivity index (χ1v) is 13.0. The van der Waals surface area contributed by atoms with E-state index in [0.29, 0.717) is 10.7 Å². The van der Waals surface area contributed by atoms with Crippen molar-refractivity contribution in [3.05, 3.63) is 59.9 Å². The summed E-state index contributed by atoms with van der Waals surface area (Å²) in [6, 6.07) is 12.9. The van der Waals surface area contributed by atoms with Gasteiger partial charge in [0, 0.05) is 40.4 Å². The van der Waals surface area contributed by atoms with Crippen LogP contribution in [0.5, 0.6) is 0 Å². The fraction of sp³-hybridized carbons (Fsp3) is 0.273. The van der Waals surface area contributed by atoms with Gasteiger partial charge in [-0.25, -0.2) is 13.1 Å². The summed E-state index contributed by atoms with van der Waals surface area (Å²) < 4.78 is 33.7. The highest BCUT2D eigenvalue weighted by molar-refractivity contribution is 7.91. The van der Waals surface area contributed by atoms with E-state index in [0.717, 1.165) is 47.2 Å². The lowest BCUT2D eigenvalue weighted by Crippen LogP contribution is -2.39. The predicted molar refractivity (Wildman–Crippen MR) is 127 cm³/mol. The Balaban J connectivity index is 1.21. The summed E-state index contributed by atoms with van der Waals surface area (Å²) in [5.74, 6) is 0. The maximum absolute atomic E-state index is 12.9. The van der Waals surface area contributed by atoms with Crippen molar-refractivity contribution >= 4 is 49.6 Å². The van der Waals surface area contributed by atoms with Crippen molar-refractivity contribution in [1.29, 1.82) is 0 Å². The second kappa shape index (κ2) is 8.82. The third-order valence-electron chi connectivity index (χ3n) is 5.65. The summed E-state index contributed by atoms with van der Waals surface area (Å²) in [6.45, 7) is 0. The van der Waals surface area contributed by atoms with Gasteiger partial charge in [-0.2, -0.15) is 0 Å². The van der Waals surface area contributed by atoms with Gasteiger partial charge in [0.1, 0.15) is 16.2 Å². The third kappa shape index (κ3) is 4.52. The number of sulfonamides is 1. The topological polar surface area (TPSA) is 97.1 Å². The average molecular weight is 489 g/mol. The number of rotatable bonds is 6. The zero-order chi connectivity index (χ0) is 22.1. The highest BCUT2D eigenvalue weighted by Gasteiger charge is 2.27. The van der Waals surface area contributed by atoms with Gasteiger partial charge in [-0.1, -0.05) is 16.8 Å². The zero-order valence-electron chi connectivity index (χ0n) is 17.0. The van der Waals surface area contributed by atoms with E-state index in [9.17, 15) is 8.42 Å². The molecule has 0 spiro atoms. The summed E-state index contributed by atoms with van der Waals surface area (Å²) in [7, 11) is -3.57. The van der Waals surface area contributed by atoms with Crippen LogP contribution in [0.15, 0.2) is 63.7 Å². The van der Waals surface area contributed by atoms with E-state index in [2.05, 4.69) is 20.2 Å². The van der Waals surface area contributed by atoms with Crippen LogP contribution < -0.4 is 10.0 Å². The Labute approximate surface area is 194 Å². The molecule has 4 aromatic rings. The fourth-order valence-electron chi connectivity index (χ4n) is 4.04. The Bertz CT molecular complexity index is 1330. The number of hydrogen-bond donors (Lipinski definition) is 2. The molecule has 0 radical (unpaired) electrons. The Kier molecular flexibility index (Phi) is 5.90. The van der Waals surface area contributed by atoms with Gasteiger partial charge in [-0.3, -0.25) is 4.98 Å². The van der Waals surface area contributed by atoms with Crippen molar-refractivity contribution in [3.8, 4) is 10.6 Å². The maximum Gasteiger partial charge on any atom is 0.250 e. The predicted octanol–water partition coefficient (Wildman–Crippen LogP) is 5.31. The minimum Gasteiger partial charge on any atom is -0.382 e. The number of aromatic nitrogens is 2. The summed E-state index contributed by atoms with van der Waals surface area (Å²) in [5, 5.41) is 9.16. The summed E-state index contributed by atoms with van der Waals surface area (Å²) >= 11 is 7.27. The van der Waals surface area contributed by atoms with Gasteiger partial charge >= 0.3 is 0 Å². The Morgan fingerprint density at radius 2 is 1.84 bits per heavy atom. The molecule has 5 rings (SSSR count). The molecule has 7 nitrogen and oxygen atoms in total.